The average Bonchev–Trinajstić information content (AvgIpc) is 2.37. The molecule has 2 fully saturated rings. The van der Waals surface area contributed by atoms with Crippen LogP contribution in [0.4, 0.5) is 0 Å². The smallest absolute Gasteiger partial charge is 0.220 e. The lowest BCUT2D eigenvalue weighted by Gasteiger charge is -2.34. The van der Waals surface area contributed by atoms with Crippen molar-refractivity contribution >= 4 is 5.91 Å². The fraction of sp³-hybridized carbons (Fsp3) is 0.929. The van der Waals surface area contributed by atoms with Crippen LogP contribution in [0, 0.1) is 5.92 Å². The highest BCUT2D eigenvalue weighted by Crippen LogP contribution is 2.32. The largest absolute Gasteiger partial charge is 0.378 e. The van der Waals surface area contributed by atoms with Crippen molar-refractivity contribution in [2.75, 3.05) is 45.9 Å². The third-order valence-corrected chi connectivity index (χ3v) is 4.03. The maximum Gasteiger partial charge on any atom is 0.220 e. The summed E-state index contributed by atoms with van der Waals surface area (Å²) in [5, 5.41) is 6.36. The molecule has 1 saturated heterocycles. The molecule has 19 heavy (non-hydrogen) atoms. The van der Waals surface area contributed by atoms with Crippen LogP contribution in [-0.2, 0) is 9.53 Å². The quantitative estimate of drug-likeness (QED) is 0.694. The minimum Gasteiger partial charge on any atom is -0.378 e. The monoisotopic (exact) mass is 269 g/mol. The summed E-state index contributed by atoms with van der Waals surface area (Å²) in [6.45, 7) is 8.87. The third kappa shape index (κ3) is 5.09. The summed E-state index contributed by atoms with van der Waals surface area (Å²) in [6.07, 6.45) is 3.19. The van der Waals surface area contributed by atoms with Crippen LogP contribution in [0.2, 0.25) is 0 Å². The average molecular weight is 269 g/mol. The molecule has 5 heteroatoms. The van der Waals surface area contributed by atoms with Crippen molar-refractivity contribution in [3.8, 4) is 0 Å². The number of nitrogens with one attached hydrogen (secondary N) is 2. The lowest BCUT2D eigenvalue weighted by atomic mass is 9.80. The highest BCUT2D eigenvalue weighted by molar-refractivity contribution is 5.76. The summed E-state index contributed by atoms with van der Waals surface area (Å²) in [5.41, 5.74) is 0. The summed E-state index contributed by atoms with van der Waals surface area (Å²) in [5.74, 6) is 0.741. The molecule has 5 nitrogen and oxygen atoms in total. The number of carbonyl (C=O) groups excluding carboxylic acids is 1. The van der Waals surface area contributed by atoms with E-state index in [4.69, 9.17) is 4.74 Å². The number of piperazine rings is 1. The molecule has 110 valence electrons. The van der Waals surface area contributed by atoms with Gasteiger partial charge in [-0.25, -0.2) is 0 Å². The molecule has 2 rings (SSSR count). The summed E-state index contributed by atoms with van der Waals surface area (Å²) < 4.78 is 5.51. The Morgan fingerprint density at radius 2 is 2.11 bits per heavy atom. The standard InChI is InChI=1S/C14H27N3O2/c1-2-19-13-9-12(10-13)11-14(18)16-5-8-17-6-3-15-4-7-17/h12-13,15H,2-11H2,1H3,(H,16,18). The van der Waals surface area contributed by atoms with Gasteiger partial charge in [0.2, 0.25) is 5.91 Å². The Hall–Kier alpha value is -0.650. The van der Waals surface area contributed by atoms with Crippen LogP contribution in [0.5, 0.6) is 0 Å². The van der Waals surface area contributed by atoms with Crippen molar-refractivity contribution in [1.29, 1.82) is 0 Å². The molecule has 0 unspecified atom stereocenters. The Balaban J connectivity index is 1.48. The first-order valence-corrected chi connectivity index (χ1v) is 7.59. The number of amides is 1. The number of hydrogen-bond acceptors (Lipinski definition) is 4. The van der Waals surface area contributed by atoms with Gasteiger partial charge in [-0.1, -0.05) is 0 Å². The molecular weight excluding hydrogens is 242 g/mol. The van der Waals surface area contributed by atoms with E-state index in [9.17, 15) is 4.79 Å². The van der Waals surface area contributed by atoms with Gasteiger partial charge >= 0.3 is 0 Å². The SMILES string of the molecule is CCOC1CC(CC(=O)NCCN2CCNCC2)C1. The maximum absolute atomic E-state index is 11.8. The van der Waals surface area contributed by atoms with Crippen molar-refractivity contribution in [2.24, 2.45) is 5.92 Å². The lowest BCUT2D eigenvalue weighted by Crippen LogP contribution is -2.46. The highest BCUT2D eigenvalue weighted by Gasteiger charge is 2.30. The summed E-state index contributed by atoms with van der Waals surface area (Å²) in [7, 11) is 0. The Labute approximate surface area is 116 Å². The molecule has 0 bridgehead atoms. The van der Waals surface area contributed by atoms with E-state index in [1.807, 2.05) is 6.92 Å². The summed E-state index contributed by atoms with van der Waals surface area (Å²) in [4.78, 5) is 14.2. The molecule has 2 N–H and O–H groups in total. The van der Waals surface area contributed by atoms with Crippen LogP contribution in [0.1, 0.15) is 26.2 Å². The van der Waals surface area contributed by atoms with Gasteiger partial charge in [0.25, 0.3) is 0 Å². The predicted octanol–water partition coefficient (Wildman–Crippen LogP) is 0.213. The molecule has 0 aromatic carbocycles. The lowest BCUT2D eigenvalue weighted by molar-refractivity contribution is -0.124. The van der Waals surface area contributed by atoms with E-state index < -0.39 is 0 Å². The van der Waals surface area contributed by atoms with Crippen LogP contribution < -0.4 is 10.6 Å². The van der Waals surface area contributed by atoms with Crippen molar-refractivity contribution in [1.82, 2.24) is 15.5 Å². The van der Waals surface area contributed by atoms with Crippen LogP contribution in [0.3, 0.4) is 0 Å². The Morgan fingerprint density at radius 1 is 1.37 bits per heavy atom. The van der Waals surface area contributed by atoms with E-state index >= 15 is 0 Å². The van der Waals surface area contributed by atoms with E-state index in [0.717, 1.165) is 58.7 Å². The summed E-state index contributed by atoms with van der Waals surface area (Å²) in [6, 6.07) is 0. The molecule has 0 radical (unpaired) electrons. The first-order chi connectivity index (χ1) is 9.28. The van der Waals surface area contributed by atoms with E-state index in [-0.39, 0.29) is 5.91 Å². The van der Waals surface area contributed by atoms with E-state index in [1.165, 1.54) is 0 Å². The fourth-order valence-electron chi connectivity index (χ4n) is 2.84. The maximum atomic E-state index is 11.8. The molecule has 1 aliphatic heterocycles. The molecule has 0 aromatic heterocycles. The number of rotatable bonds is 7. The van der Waals surface area contributed by atoms with Gasteiger partial charge in [-0.15, -0.1) is 0 Å². The Morgan fingerprint density at radius 3 is 2.79 bits per heavy atom. The van der Waals surface area contributed by atoms with Gasteiger partial charge < -0.3 is 15.4 Å². The highest BCUT2D eigenvalue weighted by atomic mass is 16.5. The van der Waals surface area contributed by atoms with Crippen LogP contribution in [0.15, 0.2) is 0 Å². The molecule has 0 spiro atoms. The van der Waals surface area contributed by atoms with Crippen LogP contribution >= 0.6 is 0 Å². The van der Waals surface area contributed by atoms with Gasteiger partial charge in [0.15, 0.2) is 0 Å². The van der Waals surface area contributed by atoms with Gasteiger partial charge in [-0.05, 0) is 25.7 Å². The minimum atomic E-state index is 0.204. The molecule has 0 aromatic rings. The zero-order valence-corrected chi connectivity index (χ0v) is 12.0. The Kier molecular flexibility index (Phi) is 6.07. The Bertz CT molecular complexity index is 274. The molecule has 1 heterocycles. The normalized spacial score (nSPS) is 27.8. The van der Waals surface area contributed by atoms with Crippen LogP contribution in [-0.4, -0.2) is 62.8 Å². The van der Waals surface area contributed by atoms with Gasteiger partial charge in [0.05, 0.1) is 6.10 Å². The van der Waals surface area contributed by atoms with Gasteiger partial charge in [0, 0.05) is 52.3 Å². The summed E-state index contributed by atoms with van der Waals surface area (Å²) >= 11 is 0. The second kappa shape index (κ2) is 7.82. The van der Waals surface area contributed by atoms with Gasteiger partial charge in [0.1, 0.15) is 0 Å². The van der Waals surface area contributed by atoms with Crippen molar-refractivity contribution in [3.05, 3.63) is 0 Å². The van der Waals surface area contributed by atoms with Crippen molar-refractivity contribution in [3.63, 3.8) is 0 Å². The van der Waals surface area contributed by atoms with E-state index in [0.29, 0.717) is 18.4 Å². The topological polar surface area (TPSA) is 53.6 Å². The number of carbonyl (C=O) groups is 1. The third-order valence-electron chi connectivity index (χ3n) is 4.03. The molecular formula is C14H27N3O2. The molecule has 1 saturated carbocycles. The minimum absolute atomic E-state index is 0.204. The second-order valence-electron chi connectivity index (χ2n) is 5.56. The van der Waals surface area contributed by atoms with E-state index in [1.54, 1.807) is 0 Å². The number of hydrogen-bond donors (Lipinski definition) is 2. The van der Waals surface area contributed by atoms with Gasteiger partial charge in [-0.3, -0.25) is 9.69 Å². The zero-order valence-electron chi connectivity index (χ0n) is 12.0. The van der Waals surface area contributed by atoms with Crippen LogP contribution in [0.25, 0.3) is 0 Å². The number of ether oxygens (including phenoxy) is 1. The molecule has 0 atom stereocenters. The molecule has 1 amide bonds. The van der Waals surface area contributed by atoms with E-state index in [2.05, 4.69) is 15.5 Å². The van der Waals surface area contributed by atoms with Gasteiger partial charge in [-0.2, -0.15) is 0 Å². The second-order valence-corrected chi connectivity index (χ2v) is 5.56. The fourth-order valence-corrected chi connectivity index (χ4v) is 2.84. The van der Waals surface area contributed by atoms with Crippen molar-refractivity contribution < 1.29 is 9.53 Å². The van der Waals surface area contributed by atoms with Crippen molar-refractivity contribution in [2.45, 2.75) is 32.3 Å². The zero-order chi connectivity index (χ0) is 13.5. The number of nitrogens with zero attached hydrogens (tertiary/aromatic N) is 1. The first kappa shape index (κ1) is 14.8. The predicted molar refractivity (Wildman–Crippen MR) is 75.1 cm³/mol. The molecule has 2 aliphatic rings. The first-order valence-electron chi connectivity index (χ1n) is 7.59. The molecule has 1 aliphatic carbocycles.